The number of nitrogens with zero attached hydrogens (tertiary/aromatic N) is 3. The molecule has 0 spiro atoms. The van der Waals surface area contributed by atoms with Crippen LogP contribution >= 0.6 is 11.8 Å². The molecule has 4 nitrogen and oxygen atoms in total. The molecule has 3 fully saturated rings. The van der Waals surface area contributed by atoms with Crippen molar-refractivity contribution in [3.8, 4) is 22.8 Å². The molecule has 0 bridgehead atoms. The topological polar surface area (TPSA) is 47.9 Å². The lowest BCUT2D eigenvalue weighted by atomic mass is 9.48. The Labute approximate surface area is 282 Å². The van der Waals surface area contributed by atoms with E-state index in [1.54, 1.807) is 5.57 Å². The van der Waals surface area contributed by atoms with Crippen molar-refractivity contribution in [2.24, 2.45) is 28.6 Å². The van der Waals surface area contributed by atoms with Gasteiger partial charge in [0, 0.05) is 22.5 Å². The average Bonchev–Trinajstić information content (AvgIpc) is 3.37. The van der Waals surface area contributed by atoms with Gasteiger partial charge in [0.05, 0.1) is 0 Å². The Morgan fingerprint density at radius 2 is 1.41 bits per heavy atom. The molecular weight excluding hydrogens is 599 g/mol. The van der Waals surface area contributed by atoms with Gasteiger partial charge in [-0.3, -0.25) is 0 Å². The molecule has 4 aliphatic rings. The van der Waals surface area contributed by atoms with E-state index in [2.05, 4.69) is 102 Å². The van der Waals surface area contributed by atoms with Crippen LogP contribution in [0.3, 0.4) is 0 Å². The minimum Gasteiger partial charge on any atom is -0.414 e. The summed E-state index contributed by atoms with van der Waals surface area (Å²) in [6, 6.07) is 20.8. The lowest BCUT2D eigenvalue weighted by Crippen LogP contribution is -2.52. The van der Waals surface area contributed by atoms with Crippen LogP contribution in [0, 0.1) is 28.6 Å². The van der Waals surface area contributed by atoms with Crippen molar-refractivity contribution in [3.05, 3.63) is 72.3 Å². The van der Waals surface area contributed by atoms with Gasteiger partial charge in [-0.2, -0.15) is 0 Å². The lowest BCUT2D eigenvalue weighted by Gasteiger charge is -2.58. The molecule has 7 rings (SSSR count). The number of allylic oxidation sites excluding steroid dienone is 1. The molecule has 7 atom stereocenters. The molecule has 1 heterocycles. The molecule has 0 amide bonds. The van der Waals surface area contributed by atoms with Crippen LogP contribution in [0.4, 0.5) is 0 Å². The van der Waals surface area contributed by atoms with E-state index in [0.29, 0.717) is 22.2 Å². The quantitative estimate of drug-likeness (QED) is 0.196. The predicted octanol–water partition coefficient (Wildman–Crippen LogP) is 11.0. The highest BCUT2D eigenvalue weighted by molar-refractivity contribution is 7.99. The van der Waals surface area contributed by atoms with Crippen LogP contribution in [0.5, 0.6) is 0 Å². The summed E-state index contributed by atoms with van der Waals surface area (Å²) in [5.41, 5.74) is 4.46. The standard InChI is InChI=1S/C40H53N3OSSi/c1-38(2,3)46(6,7)44-30-22-24-39(4)29(26-30)18-19-31-32-20-21-34(40(32,5)25-23-33(31)39)45-37-42-35(27-14-10-8-11-15-27)41-36(43-37)28-16-12-9-13-17-28/h8-18,30-34H,19-26H2,1-7H3/t30-,31+,32-,33-,34-,39-,40-/m0/s1. The molecule has 0 radical (unpaired) electrons. The molecule has 3 saturated carbocycles. The van der Waals surface area contributed by atoms with Crippen LogP contribution in [0.15, 0.2) is 77.5 Å². The van der Waals surface area contributed by atoms with Crippen molar-refractivity contribution in [1.29, 1.82) is 0 Å². The maximum absolute atomic E-state index is 6.98. The number of thioether (sulfide) groups is 1. The highest BCUT2D eigenvalue weighted by atomic mass is 32.2. The van der Waals surface area contributed by atoms with E-state index in [1.165, 1.54) is 44.9 Å². The second-order valence-electron chi connectivity index (χ2n) is 16.7. The van der Waals surface area contributed by atoms with Crippen LogP contribution in [0.1, 0.15) is 86.0 Å². The SMILES string of the molecule is CC(C)(C)[Si](C)(C)O[C@H]1CC[C@@]2(C)C(=CC[C@@H]3[C@@H]4CC[C@H](Sc5nc(-c6ccccc6)nc(-c6ccccc6)n5)[C@@]4(C)CC[C@@H]32)C1. The fourth-order valence-electron chi connectivity index (χ4n) is 9.44. The van der Waals surface area contributed by atoms with Crippen molar-refractivity contribution in [3.63, 3.8) is 0 Å². The van der Waals surface area contributed by atoms with Gasteiger partial charge in [-0.05, 0) is 98.1 Å². The molecule has 4 aliphatic carbocycles. The van der Waals surface area contributed by atoms with Crippen molar-refractivity contribution < 1.29 is 4.43 Å². The summed E-state index contributed by atoms with van der Waals surface area (Å²) >= 11 is 1.93. The Morgan fingerprint density at radius 1 is 0.783 bits per heavy atom. The van der Waals surface area contributed by atoms with E-state index >= 15 is 0 Å². The first-order valence-electron chi connectivity index (χ1n) is 17.8. The molecule has 0 aliphatic heterocycles. The monoisotopic (exact) mass is 651 g/mol. The molecule has 244 valence electrons. The van der Waals surface area contributed by atoms with Crippen molar-refractivity contribution in [2.45, 2.75) is 121 Å². The molecule has 0 unspecified atom stereocenters. The zero-order valence-corrected chi connectivity index (χ0v) is 30.9. The number of aromatic nitrogens is 3. The largest absolute Gasteiger partial charge is 0.414 e. The Morgan fingerprint density at radius 3 is 2.02 bits per heavy atom. The van der Waals surface area contributed by atoms with Crippen LogP contribution in [-0.4, -0.2) is 34.6 Å². The Kier molecular flexibility index (Phi) is 8.42. The number of hydrogen-bond acceptors (Lipinski definition) is 5. The highest BCUT2D eigenvalue weighted by Crippen LogP contribution is 2.67. The lowest BCUT2D eigenvalue weighted by molar-refractivity contribution is -0.0334. The second kappa shape index (κ2) is 12.0. The van der Waals surface area contributed by atoms with Crippen molar-refractivity contribution in [1.82, 2.24) is 15.0 Å². The summed E-state index contributed by atoms with van der Waals surface area (Å²) in [7, 11) is -1.77. The van der Waals surface area contributed by atoms with Gasteiger partial charge in [-0.15, -0.1) is 0 Å². The summed E-state index contributed by atoms with van der Waals surface area (Å²) in [6.45, 7) is 17.2. The number of fused-ring (bicyclic) bond motifs is 5. The van der Waals surface area contributed by atoms with Crippen molar-refractivity contribution in [2.75, 3.05) is 0 Å². The summed E-state index contributed by atoms with van der Waals surface area (Å²) in [4.78, 5) is 15.1. The fraction of sp³-hybridized carbons (Fsp3) is 0.575. The molecule has 0 N–H and O–H groups in total. The minimum atomic E-state index is -1.77. The molecule has 0 saturated heterocycles. The maximum atomic E-state index is 6.98. The third-order valence-electron chi connectivity index (χ3n) is 13.2. The Hall–Kier alpha value is -2.28. The third-order valence-corrected chi connectivity index (χ3v) is 19.2. The van der Waals surface area contributed by atoms with Gasteiger partial charge in [0.1, 0.15) is 0 Å². The van der Waals surface area contributed by atoms with E-state index in [1.807, 2.05) is 23.9 Å². The normalized spacial score (nSPS) is 32.7. The molecule has 46 heavy (non-hydrogen) atoms. The van der Waals surface area contributed by atoms with Crippen LogP contribution in [0.2, 0.25) is 18.1 Å². The van der Waals surface area contributed by atoms with E-state index in [0.717, 1.165) is 52.1 Å². The first-order chi connectivity index (χ1) is 21.9. The van der Waals surface area contributed by atoms with Gasteiger partial charge < -0.3 is 4.43 Å². The fourth-order valence-corrected chi connectivity index (χ4v) is 12.2. The maximum Gasteiger partial charge on any atom is 0.192 e. The van der Waals surface area contributed by atoms with Gasteiger partial charge in [0.15, 0.2) is 25.1 Å². The van der Waals surface area contributed by atoms with Crippen LogP contribution < -0.4 is 0 Å². The van der Waals surface area contributed by atoms with E-state index < -0.39 is 8.32 Å². The highest BCUT2D eigenvalue weighted by Gasteiger charge is 2.59. The molecular formula is C40H53N3OSSi. The van der Waals surface area contributed by atoms with Gasteiger partial charge in [0.2, 0.25) is 0 Å². The van der Waals surface area contributed by atoms with E-state index in [-0.39, 0.29) is 5.04 Å². The number of rotatable bonds is 6. The summed E-state index contributed by atoms with van der Waals surface area (Å²) in [6.07, 6.45) is 13.2. The van der Waals surface area contributed by atoms with Crippen LogP contribution in [0.25, 0.3) is 22.8 Å². The molecule has 3 aromatic rings. The molecule has 2 aromatic carbocycles. The summed E-state index contributed by atoms with van der Waals surface area (Å²) in [5, 5.41) is 1.66. The van der Waals surface area contributed by atoms with Crippen LogP contribution in [-0.2, 0) is 4.43 Å². The third kappa shape index (κ3) is 5.75. The predicted molar refractivity (Wildman–Crippen MR) is 194 cm³/mol. The first kappa shape index (κ1) is 32.3. The Bertz CT molecular complexity index is 1530. The van der Waals surface area contributed by atoms with Gasteiger partial charge in [0.25, 0.3) is 0 Å². The average molecular weight is 652 g/mol. The van der Waals surface area contributed by atoms with Gasteiger partial charge >= 0.3 is 0 Å². The second-order valence-corrected chi connectivity index (χ2v) is 22.7. The zero-order valence-electron chi connectivity index (χ0n) is 29.1. The van der Waals surface area contributed by atoms with Crippen molar-refractivity contribution >= 4 is 20.1 Å². The van der Waals surface area contributed by atoms with Gasteiger partial charge in [-0.25, -0.2) is 15.0 Å². The Balaban J connectivity index is 1.11. The number of hydrogen-bond donors (Lipinski definition) is 0. The first-order valence-corrected chi connectivity index (χ1v) is 21.6. The zero-order chi connectivity index (χ0) is 32.3. The minimum absolute atomic E-state index is 0.262. The van der Waals surface area contributed by atoms with E-state index in [9.17, 15) is 0 Å². The molecule has 1 aromatic heterocycles. The summed E-state index contributed by atoms with van der Waals surface area (Å²) < 4.78 is 6.98. The molecule has 6 heteroatoms. The number of benzene rings is 2. The van der Waals surface area contributed by atoms with Gasteiger partial charge in [-0.1, -0.05) is 119 Å². The smallest absolute Gasteiger partial charge is 0.192 e. The summed E-state index contributed by atoms with van der Waals surface area (Å²) in [5.74, 6) is 3.89. The van der Waals surface area contributed by atoms with E-state index in [4.69, 9.17) is 19.4 Å².